The molecule has 1 aliphatic rings. The van der Waals surface area contributed by atoms with Crippen molar-refractivity contribution in [2.75, 3.05) is 5.32 Å². The largest absolute Gasteiger partial charge is 0.325 e. The first-order chi connectivity index (χ1) is 10.2. The SMILES string of the molecule is O=C1Nc2ccccc2CCC1S(=O)c1ccccc1F. The van der Waals surface area contributed by atoms with E-state index in [0.717, 1.165) is 11.3 Å². The molecule has 2 atom stereocenters. The van der Waals surface area contributed by atoms with E-state index < -0.39 is 21.9 Å². The Morgan fingerprint density at radius 1 is 1.10 bits per heavy atom. The summed E-state index contributed by atoms with van der Waals surface area (Å²) in [6, 6.07) is 13.4. The second kappa shape index (κ2) is 5.77. The number of aryl methyl sites for hydroxylation is 1. The number of carbonyl (C=O) groups excluding carboxylic acids is 1. The Bertz CT molecular complexity index is 717. The molecule has 0 fully saturated rings. The van der Waals surface area contributed by atoms with Gasteiger partial charge in [0.25, 0.3) is 0 Å². The Balaban J connectivity index is 1.89. The Kier molecular flexibility index (Phi) is 3.84. The quantitative estimate of drug-likeness (QED) is 0.927. The molecule has 108 valence electrons. The highest BCUT2D eigenvalue weighted by atomic mass is 32.2. The van der Waals surface area contributed by atoms with E-state index in [0.29, 0.717) is 12.8 Å². The molecule has 0 aliphatic carbocycles. The van der Waals surface area contributed by atoms with Crippen LogP contribution in [0.1, 0.15) is 12.0 Å². The molecule has 0 radical (unpaired) electrons. The third kappa shape index (κ3) is 2.74. The van der Waals surface area contributed by atoms with Crippen molar-refractivity contribution >= 4 is 22.4 Å². The van der Waals surface area contributed by atoms with E-state index in [2.05, 4.69) is 5.32 Å². The minimum atomic E-state index is -1.70. The van der Waals surface area contributed by atoms with Gasteiger partial charge in [0.1, 0.15) is 11.1 Å². The van der Waals surface area contributed by atoms with Crippen LogP contribution in [-0.4, -0.2) is 15.4 Å². The number of fused-ring (bicyclic) bond motifs is 1. The fourth-order valence-corrected chi connectivity index (χ4v) is 3.82. The number of benzene rings is 2. The highest BCUT2D eigenvalue weighted by Gasteiger charge is 2.30. The number of rotatable bonds is 2. The highest BCUT2D eigenvalue weighted by Crippen LogP contribution is 2.26. The molecule has 3 nitrogen and oxygen atoms in total. The van der Waals surface area contributed by atoms with E-state index in [-0.39, 0.29) is 10.8 Å². The van der Waals surface area contributed by atoms with E-state index in [4.69, 9.17) is 0 Å². The number of carbonyl (C=O) groups is 1. The van der Waals surface area contributed by atoms with Gasteiger partial charge in [0.15, 0.2) is 0 Å². The van der Waals surface area contributed by atoms with Crippen LogP contribution in [0.25, 0.3) is 0 Å². The maximum absolute atomic E-state index is 13.8. The Morgan fingerprint density at radius 3 is 2.62 bits per heavy atom. The molecule has 0 spiro atoms. The Labute approximate surface area is 124 Å². The second-order valence-electron chi connectivity index (χ2n) is 4.90. The van der Waals surface area contributed by atoms with Crippen molar-refractivity contribution in [3.05, 3.63) is 59.9 Å². The fraction of sp³-hybridized carbons (Fsp3) is 0.188. The lowest BCUT2D eigenvalue weighted by atomic mass is 10.1. The minimum absolute atomic E-state index is 0.0867. The smallest absolute Gasteiger partial charge is 0.240 e. The van der Waals surface area contributed by atoms with Gasteiger partial charge in [0.2, 0.25) is 5.91 Å². The van der Waals surface area contributed by atoms with Gasteiger partial charge in [-0.3, -0.25) is 9.00 Å². The summed E-state index contributed by atoms with van der Waals surface area (Å²) in [6.45, 7) is 0. The van der Waals surface area contributed by atoms with Crippen molar-refractivity contribution in [1.29, 1.82) is 0 Å². The van der Waals surface area contributed by atoms with Gasteiger partial charge in [0, 0.05) is 5.69 Å². The molecule has 2 unspecified atom stereocenters. The van der Waals surface area contributed by atoms with E-state index in [1.165, 1.54) is 12.1 Å². The van der Waals surface area contributed by atoms with Crippen molar-refractivity contribution in [1.82, 2.24) is 0 Å². The van der Waals surface area contributed by atoms with Gasteiger partial charge < -0.3 is 5.32 Å². The summed E-state index contributed by atoms with van der Waals surface area (Å²) in [5, 5.41) is 2.05. The van der Waals surface area contributed by atoms with Crippen LogP contribution in [0.4, 0.5) is 10.1 Å². The average Bonchev–Trinajstić information content (AvgIpc) is 2.65. The zero-order valence-corrected chi connectivity index (χ0v) is 12.0. The molecule has 1 amide bonds. The number of amides is 1. The summed E-state index contributed by atoms with van der Waals surface area (Å²) in [4.78, 5) is 12.4. The molecule has 0 saturated carbocycles. The zero-order valence-electron chi connectivity index (χ0n) is 11.2. The predicted molar refractivity (Wildman–Crippen MR) is 80.0 cm³/mol. The van der Waals surface area contributed by atoms with Gasteiger partial charge in [0.05, 0.1) is 15.7 Å². The normalized spacial score (nSPS) is 19.3. The van der Waals surface area contributed by atoms with Gasteiger partial charge in [-0.05, 0) is 36.6 Å². The third-order valence-electron chi connectivity index (χ3n) is 3.56. The number of hydrogen-bond donors (Lipinski definition) is 1. The second-order valence-corrected chi connectivity index (χ2v) is 6.51. The number of halogens is 1. The summed E-state index contributed by atoms with van der Waals surface area (Å²) in [6.07, 6.45) is 1.07. The van der Waals surface area contributed by atoms with Crippen LogP contribution in [0.2, 0.25) is 0 Å². The number of hydrogen-bond acceptors (Lipinski definition) is 2. The lowest BCUT2D eigenvalue weighted by Crippen LogP contribution is -2.31. The minimum Gasteiger partial charge on any atom is -0.325 e. The van der Waals surface area contributed by atoms with Crippen LogP contribution < -0.4 is 5.32 Å². The molecule has 21 heavy (non-hydrogen) atoms. The van der Waals surface area contributed by atoms with E-state index in [1.807, 2.05) is 24.3 Å². The van der Waals surface area contributed by atoms with Crippen LogP contribution in [0.5, 0.6) is 0 Å². The molecular formula is C16H14FNO2S. The molecule has 0 saturated heterocycles. The average molecular weight is 303 g/mol. The van der Waals surface area contributed by atoms with Crippen molar-refractivity contribution in [2.45, 2.75) is 23.0 Å². The van der Waals surface area contributed by atoms with Crippen LogP contribution in [0, 0.1) is 5.82 Å². The Morgan fingerprint density at radius 2 is 1.81 bits per heavy atom. The summed E-state index contributed by atoms with van der Waals surface area (Å²) >= 11 is 0. The summed E-state index contributed by atoms with van der Waals surface area (Å²) < 4.78 is 26.3. The van der Waals surface area contributed by atoms with Crippen molar-refractivity contribution in [3.63, 3.8) is 0 Å². The first-order valence-electron chi connectivity index (χ1n) is 6.70. The van der Waals surface area contributed by atoms with Gasteiger partial charge in [-0.15, -0.1) is 0 Å². The highest BCUT2D eigenvalue weighted by molar-refractivity contribution is 7.86. The van der Waals surface area contributed by atoms with Gasteiger partial charge >= 0.3 is 0 Å². The van der Waals surface area contributed by atoms with Crippen molar-refractivity contribution in [2.24, 2.45) is 0 Å². The third-order valence-corrected chi connectivity index (χ3v) is 5.29. The molecule has 0 aromatic heterocycles. The zero-order chi connectivity index (χ0) is 14.8. The maximum Gasteiger partial charge on any atom is 0.240 e. The molecular weight excluding hydrogens is 289 g/mol. The topological polar surface area (TPSA) is 46.2 Å². The number of nitrogens with one attached hydrogen (secondary N) is 1. The standard InChI is InChI=1S/C16H14FNO2S/c17-12-6-2-4-8-14(12)21(20)15-10-9-11-5-1-3-7-13(11)18-16(15)19/h1-8,15H,9-10H2,(H,18,19). The number of para-hydroxylation sites is 1. The van der Waals surface area contributed by atoms with E-state index >= 15 is 0 Å². The van der Waals surface area contributed by atoms with Crippen LogP contribution in [0.15, 0.2) is 53.4 Å². The first-order valence-corrected chi connectivity index (χ1v) is 7.92. The van der Waals surface area contributed by atoms with Gasteiger partial charge in [-0.2, -0.15) is 0 Å². The van der Waals surface area contributed by atoms with Crippen molar-refractivity contribution < 1.29 is 13.4 Å². The first kappa shape index (κ1) is 13.9. The molecule has 2 aromatic carbocycles. The number of anilines is 1. The molecule has 1 heterocycles. The molecule has 5 heteroatoms. The molecule has 0 bridgehead atoms. The molecule has 1 N–H and O–H groups in total. The van der Waals surface area contributed by atoms with Crippen molar-refractivity contribution in [3.8, 4) is 0 Å². The molecule has 1 aliphatic heterocycles. The van der Waals surface area contributed by atoms with Gasteiger partial charge in [-0.25, -0.2) is 4.39 Å². The maximum atomic E-state index is 13.8. The van der Waals surface area contributed by atoms with E-state index in [9.17, 15) is 13.4 Å². The summed E-state index contributed by atoms with van der Waals surface area (Å²) in [7, 11) is -1.70. The fourth-order valence-electron chi connectivity index (χ4n) is 2.46. The summed E-state index contributed by atoms with van der Waals surface area (Å²) in [5.74, 6) is -0.855. The van der Waals surface area contributed by atoms with Gasteiger partial charge in [-0.1, -0.05) is 30.3 Å². The Hall–Kier alpha value is -2.01. The lowest BCUT2D eigenvalue weighted by Gasteiger charge is -2.13. The van der Waals surface area contributed by atoms with E-state index in [1.54, 1.807) is 12.1 Å². The lowest BCUT2D eigenvalue weighted by molar-refractivity contribution is -0.115. The van der Waals surface area contributed by atoms with Crippen LogP contribution in [-0.2, 0) is 22.0 Å². The van der Waals surface area contributed by atoms with Crippen LogP contribution in [0.3, 0.4) is 0 Å². The monoisotopic (exact) mass is 303 g/mol. The summed E-state index contributed by atoms with van der Waals surface area (Å²) in [5.41, 5.74) is 1.76. The predicted octanol–water partition coefficient (Wildman–Crippen LogP) is 2.89. The van der Waals surface area contributed by atoms with Crippen LogP contribution >= 0.6 is 0 Å². The molecule has 3 rings (SSSR count). The molecule has 2 aromatic rings.